The minimum atomic E-state index is -0.724. The van der Waals surface area contributed by atoms with Crippen LogP contribution < -0.4 is 20.5 Å². The molecule has 1 aromatic carbocycles. The lowest BCUT2D eigenvalue weighted by molar-refractivity contribution is 0.0996. The molecule has 0 saturated heterocycles. The van der Waals surface area contributed by atoms with Crippen molar-refractivity contribution in [2.75, 3.05) is 26.5 Å². The zero-order valence-electron chi connectivity index (χ0n) is 13.5. The summed E-state index contributed by atoms with van der Waals surface area (Å²) in [5.41, 5.74) is 6.29. The Kier molecular flexibility index (Phi) is 5.59. The Morgan fingerprint density at radius 1 is 1.38 bits per heavy atom. The van der Waals surface area contributed by atoms with Gasteiger partial charge in [-0.1, -0.05) is 12.1 Å². The van der Waals surface area contributed by atoms with E-state index in [0.29, 0.717) is 5.75 Å². The molecule has 1 aromatic heterocycles. The van der Waals surface area contributed by atoms with Gasteiger partial charge in [0.05, 0.1) is 7.11 Å². The Morgan fingerprint density at radius 2 is 2.12 bits per heavy atom. The number of rotatable bonds is 6. The molecule has 24 heavy (non-hydrogen) atoms. The number of hydrogen-bond acceptors (Lipinski definition) is 6. The average Bonchev–Trinajstić information content (AvgIpc) is 2.95. The number of nitrogens with two attached hydrogens (primary N) is 1. The largest absolute Gasteiger partial charge is 0.497 e. The number of hydrogen-bond donors (Lipinski definition) is 2. The summed E-state index contributed by atoms with van der Waals surface area (Å²) in [6, 6.07) is 6.92. The van der Waals surface area contributed by atoms with Gasteiger partial charge in [0.15, 0.2) is 0 Å². The van der Waals surface area contributed by atoms with Crippen LogP contribution in [0, 0.1) is 0 Å². The van der Waals surface area contributed by atoms with E-state index in [1.165, 1.54) is 4.90 Å². The van der Waals surface area contributed by atoms with E-state index in [-0.39, 0.29) is 29.1 Å². The quantitative estimate of drug-likeness (QED) is 0.828. The van der Waals surface area contributed by atoms with Crippen molar-refractivity contribution >= 4 is 28.5 Å². The van der Waals surface area contributed by atoms with E-state index in [4.69, 9.17) is 15.2 Å². The van der Waals surface area contributed by atoms with Gasteiger partial charge in [-0.05, 0) is 29.2 Å². The van der Waals surface area contributed by atoms with Gasteiger partial charge in [0.2, 0.25) is 5.88 Å². The summed E-state index contributed by atoms with van der Waals surface area (Å²) in [7, 11) is 4.74. The fourth-order valence-corrected chi connectivity index (χ4v) is 2.53. The Hall–Kier alpha value is -2.81. The minimum absolute atomic E-state index is 0.0538. The van der Waals surface area contributed by atoms with Gasteiger partial charge in [-0.25, -0.2) is 4.79 Å². The molecule has 0 saturated carbocycles. The van der Waals surface area contributed by atoms with Gasteiger partial charge in [0, 0.05) is 14.1 Å². The topological polar surface area (TPSA) is 107 Å². The number of nitrogens with zero attached hydrogens (tertiary/aromatic N) is 2. The standard InChI is InChI=1S/C15H18N4O4S/c1-19(2)15(21)17-14-11(12(16)20)13(18-24-14)23-8-9-5-4-6-10(7-9)22-3/h4-7H,8H2,1-3H3,(H2,16,20)(H,17,21). The van der Waals surface area contributed by atoms with Gasteiger partial charge < -0.3 is 20.1 Å². The maximum absolute atomic E-state index is 11.7. The van der Waals surface area contributed by atoms with Crippen LogP contribution in [0.4, 0.5) is 9.80 Å². The van der Waals surface area contributed by atoms with Crippen molar-refractivity contribution in [3.05, 3.63) is 35.4 Å². The molecule has 2 rings (SSSR count). The molecular formula is C15H18N4O4S. The molecule has 0 aliphatic carbocycles. The second-order valence-electron chi connectivity index (χ2n) is 5.02. The van der Waals surface area contributed by atoms with Crippen LogP contribution in [0.15, 0.2) is 24.3 Å². The van der Waals surface area contributed by atoms with Crippen LogP contribution in [0.3, 0.4) is 0 Å². The first-order chi connectivity index (χ1) is 11.4. The predicted molar refractivity (Wildman–Crippen MR) is 90.7 cm³/mol. The number of nitrogens with one attached hydrogen (secondary N) is 1. The second kappa shape index (κ2) is 7.64. The molecule has 2 aromatic rings. The monoisotopic (exact) mass is 350 g/mol. The molecule has 128 valence electrons. The molecule has 0 aliphatic heterocycles. The smallest absolute Gasteiger partial charge is 0.321 e. The van der Waals surface area contributed by atoms with Crippen LogP contribution >= 0.6 is 11.5 Å². The predicted octanol–water partition coefficient (Wildman–Crippen LogP) is 1.92. The molecule has 0 fully saturated rings. The number of ether oxygens (including phenoxy) is 2. The number of benzene rings is 1. The van der Waals surface area contributed by atoms with Crippen LogP contribution in [0.25, 0.3) is 0 Å². The molecule has 0 unspecified atom stereocenters. The molecule has 0 radical (unpaired) electrons. The Balaban J connectivity index is 2.16. The number of methoxy groups -OCH3 is 1. The molecule has 8 nitrogen and oxygen atoms in total. The van der Waals surface area contributed by atoms with Crippen LogP contribution in [-0.4, -0.2) is 42.4 Å². The third-order valence-corrected chi connectivity index (χ3v) is 3.79. The van der Waals surface area contributed by atoms with Crippen LogP contribution in [-0.2, 0) is 6.61 Å². The van der Waals surface area contributed by atoms with Crippen molar-refractivity contribution in [3.63, 3.8) is 0 Å². The first kappa shape index (κ1) is 17.5. The molecular weight excluding hydrogens is 332 g/mol. The molecule has 0 aliphatic rings. The highest BCUT2D eigenvalue weighted by molar-refractivity contribution is 7.11. The number of carbonyl (C=O) groups excluding carboxylic acids is 2. The summed E-state index contributed by atoms with van der Waals surface area (Å²) < 4.78 is 14.8. The lowest BCUT2D eigenvalue weighted by Crippen LogP contribution is -2.28. The number of aromatic nitrogens is 1. The summed E-state index contributed by atoms with van der Waals surface area (Å²) >= 11 is 0.934. The van der Waals surface area contributed by atoms with E-state index in [0.717, 1.165) is 17.1 Å². The lowest BCUT2D eigenvalue weighted by atomic mass is 10.2. The van der Waals surface area contributed by atoms with Gasteiger partial charge in [0.1, 0.15) is 22.9 Å². The number of anilines is 1. The number of amides is 3. The lowest BCUT2D eigenvalue weighted by Gasteiger charge is -2.11. The summed E-state index contributed by atoms with van der Waals surface area (Å²) in [5, 5.41) is 2.82. The first-order valence-corrected chi connectivity index (χ1v) is 7.73. The fourth-order valence-electron chi connectivity index (χ4n) is 1.80. The second-order valence-corrected chi connectivity index (χ2v) is 5.79. The van der Waals surface area contributed by atoms with Gasteiger partial charge >= 0.3 is 6.03 Å². The van der Waals surface area contributed by atoms with Crippen molar-refractivity contribution in [1.29, 1.82) is 0 Å². The maximum atomic E-state index is 11.7. The van der Waals surface area contributed by atoms with Gasteiger partial charge in [-0.3, -0.25) is 10.1 Å². The molecule has 1 heterocycles. The normalized spacial score (nSPS) is 10.1. The van der Waals surface area contributed by atoms with Crippen molar-refractivity contribution in [2.45, 2.75) is 6.61 Å². The summed E-state index contributed by atoms with van der Waals surface area (Å²) in [6.45, 7) is 0.183. The van der Waals surface area contributed by atoms with E-state index in [1.807, 2.05) is 24.3 Å². The molecule has 0 bridgehead atoms. The third kappa shape index (κ3) is 4.13. The molecule has 3 N–H and O–H groups in total. The van der Waals surface area contributed by atoms with E-state index >= 15 is 0 Å². The van der Waals surface area contributed by atoms with Gasteiger partial charge in [-0.2, -0.15) is 4.37 Å². The summed E-state index contributed by atoms with van der Waals surface area (Å²) in [6.07, 6.45) is 0. The number of carbonyl (C=O) groups is 2. The summed E-state index contributed by atoms with van der Waals surface area (Å²) in [4.78, 5) is 24.8. The fraction of sp³-hybridized carbons (Fsp3) is 0.267. The van der Waals surface area contributed by atoms with Gasteiger partial charge in [0.25, 0.3) is 5.91 Å². The van der Waals surface area contributed by atoms with Crippen molar-refractivity contribution < 1.29 is 19.1 Å². The van der Waals surface area contributed by atoms with E-state index in [1.54, 1.807) is 21.2 Å². The Labute approximate surface area is 143 Å². The molecule has 0 spiro atoms. The van der Waals surface area contributed by atoms with Crippen LogP contribution in [0.5, 0.6) is 11.6 Å². The zero-order valence-corrected chi connectivity index (χ0v) is 14.3. The number of primary amides is 1. The molecule has 9 heteroatoms. The Morgan fingerprint density at radius 3 is 2.75 bits per heavy atom. The SMILES string of the molecule is COc1cccc(COc2nsc(NC(=O)N(C)C)c2C(N)=O)c1. The van der Waals surface area contributed by atoms with Crippen LogP contribution in [0.2, 0.25) is 0 Å². The highest BCUT2D eigenvalue weighted by atomic mass is 32.1. The number of urea groups is 1. The molecule has 0 atom stereocenters. The van der Waals surface area contributed by atoms with Crippen molar-refractivity contribution in [3.8, 4) is 11.6 Å². The van der Waals surface area contributed by atoms with Crippen molar-refractivity contribution in [2.24, 2.45) is 5.73 Å². The first-order valence-electron chi connectivity index (χ1n) is 6.96. The highest BCUT2D eigenvalue weighted by Crippen LogP contribution is 2.31. The van der Waals surface area contributed by atoms with E-state index in [2.05, 4.69) is 9.69 Å². The Bertz CT molecular complexity index is 745. The van der Waals surface area contributed by atoms with E-state index < -0.39 is 5.91 Å². The van der Waals surface area contributed by atoms with Crippen molar-refractivity contribution in [1.82, 2.24) is 9.27 Å². The summed E-state index contributed by atoms with van der Waals surface area (Å²) in [5.74, 6) is 0.0614. The average molecular weight is 350 g/mol. The highest BCUT2D eigenvalue weighted by Gasteiger charge is 2.22. The van der Waals surface area contributed by atoms with Gasteiger partial charge in [-0.15, -0.1) is 0 Å². The van der Waals surface area contributed by atoms with Crippen LogP contribution in [0.1, 0.15) is 15.9 Å². The zero-order chi connectivity index (χ0) is 17.7. The molecule has 3 amide bonds. The van der Waals surface area contributed by atoms with E-state index in [9.17, 15) is 9.59 Å². The minimum Gasteiger partial charge on any atom is -0.497 e. The maximum Gasteiger partial charge on any atom is 0.321 e. The third-order valence-electron chi connectivity index (χ3n) is 3.04.